The maximum Gasteiger partial charge on any atom is 0.363 e. The number of rotatable bonds is 4. The van der Waals surface area contributed by atoms with E-state index in [1.165, 1.54) is 18.2 Å². The van der Waals surface area contributed by atoms with Crippen molar-refractivity contribution in [3.63, 3.8) is 0 Å². The van der Waals surface area contributed by atoms with Gasteiger partial charge in [-0.25, -0.2) is 9.79 Å². The van der Waals surface area contributed by atoms with Crippen LogP contribution < -0.4 is 0 Å². The van der Waals surface area contributed by atoms with Crippen LogP contribution in [0.3, 0.4) is 0 Å². The summed E-state index contributed by atoms with van der Waals surface area (Å²) in [4.78, 5) is 26.3. The molecule has 7 heteroatoms. The van der Waals surface area contributed by atoms with Crippen LogP contribution in [0, 0.1) is 10.1 Å². The third-order valence-electron chi connectivity index (χ3n) is 3.31. The number of non-ortho nitro benzene ring substituents is 1. The van der Waals surface area contributed by atoms with Crippen molar-refractivity contribution >= 4 is 41.3 Å². The summed E-state index contributed by atoms with van der Waals surface area (Å²) in [5.41, 5.74) is 1.52. The fourth-order valence-electron chi connectivity index (χ4n) is 2.12. The molecule has 3 rings (SSSR count). The molecule has 6 nitrogen and oxygen atoms in total. The summed E-state index contributed by atoms with van der Waals surface area (Å²) in [7, 11) is 0. The molecule has 1 aliphatic heterocycles. The highest BCUT2D eigenvalue weighted by molar-refractivity contribution is 6.30. The second-order valence-electron chi connectivity index (χ2n) is 5.11. The van der Waals surface area contributed by atoms with E-state index in [1.54, 1.807) is 48.6 Å². The Bertz CT molecular complexity index is 930. The number of halogens is 1. The van der Waals surface area contributed by atoms with Gasteiger partial charge in [0.15, 0.2) is 5.70 Å². The normalized spacial score (nSPS) is 15.5. The van der Waals surface area contributed by atoms with Crippen molar-refractivity contribution < 1.29 is 14.5 Å². The van der Waals surface area contributed by atoms with Crippen LogP contribution in [0.15, 0.2) is 65.3 Å². The molecule has 0 bridgehead atoms. The Kier molecular flexibility index (Phi) is 4.72. The van der Waals surface area contributed by atoms with Crippen LogP contribution in [-0.2, 0) is 9.53 Å². The van der Waals surface area contributed by atoms with Gasteiger partial charge in [0, 0.05) is 23.2 Å². The first kappa shape index (κ1) is 16.6. The smallest absolute Gasteiger partial charge is 0.363 e. The number of ether oxygens (including phenoxy) is 1. The monoisotopic (exact) mass is 354 g/mol. The Morgan fingerprint density at radius 1 is 1.08 bits per heavy atom. The van der Waals surface area contributed by atoms with E-state index in [1.807, 2.05) is 0 Å². The van der Waals surface area contributed by atoms with Gasteiger partial charge >= 0.3 is 5.97 Å². The lowest BCUT2D eigenvalue weighted by Gasteiger charge is -1.94. The van der Waals surface area contributed by atoms with Gasteiger partial charge in [0.2, 0.25) is 5.90 Å². The van der Waals surface area contributed by atoms with Gasteiger partial charge in [0.05, 0.1) is 4.92 Å². The molecular weight excluding hydrogens is 344 g/mol. The topological polar surface area (TPSA) is 81.8 Å². The number of hydrogen-bond acceptors (Lipinski definition) is 5. The summed E-state index contributed by atoms with van der Waals surface area (Å²) in [6.07, 6.45) is 4.66. The van der Waals surface area contributed by atoms with Gasteiger partial charge < -0.3 is 4.74 Å². The van der Waals surface area contributed by atoms with Gasteiger partial charge in [0.25, 0.3) is 5.69 Å². The molecule has 0 unspecified atom stereocenters. The second-order valence-corrected chi connectivity index (χ2v) is 5.54. The Labute approximate surface area is 147 Å². The van der Waals surface area contributed by atoms with E-state index in [4.69, 9.17) is 16.3 Å². The van der Waals surface area contributed by atoms with Gasteiger partial charge in [-0.15, -0.1) is 0 Å². The Morgan fingerprint density at radius 2 is 1.84 bits per heavy atom. The van der Waals surface area contributed by atoms with Crippen molar-refractivity contribution in [2.24, 2.45) is 4.99 Å². The highest BCUT2D eigenvalue weighted by Crippen LogP contribution is 2.19. The molecule has 0 spiro atoms. The number of carbonyl (C=O) groups is 1. The molecule has 1 aliphatic rings. The number of esters is 1. The SMILES string of the molecule is O=C1OC(C=Cc2cccc([N+](=O)[O-])c2)=NC1=Cc1ccc(Cl)cc1. The fourth-order valence-corrected chi connectivity index (χ4v) is 2.25. The first-order chi connectivity index (χ1) is 12.0. The summed E-state index contributed by atoms with van der Waals surface area (Å²) < 4.78 is 5.07. The predicted molar refractivity (Wildman–Crippen MR) is 95.1 cm³/mol. The summed E-state index contributed by atoms with van der Waals surface area (Å²) >= 11 is 5.82. The van der Waals surface area contributed by atoms with Crippen molar-refractivity contribution in [3.8, 4) is 0 Å². The molecule has 25 heavy (non-hydrogen) atoms. The minimum Gasteiger partial charge on any atom is -0.403 e. The second kappa shape index (κ2) is 7.11. The molecule has 0 amide bonds. The highest BCUT2D eigenvalue weighted by atomic mass is 35.5. The molecule has 1 heterocycles. The van der Waals surface area contributed by atoms with Gasteiger partial charge in [-0.05, 0) is 35.4 Å². The zero-order valence-corrected chi connectivity index (χ0v) is 13.5. The van der Waals surface area contributed by atoms with E-state index < -0.39 is 10.9 Å². The van der Waals surface area contributed by atoms with Gasteiger partial charge in [-0.1, -0.05) is 35.9 Å². The number of aliphatic imine (C=N–C) groups is 1. The van der Waals surface area contributed by atoms with E-state index in [9.17, 15) is 14.9 Å². The molecular formula is C18H11ClN2O4. The maximum atomic E-state index is 11.9. The quantitative estimate of drug-likeness (QED) is 0.355. The maximum absolute atomic E-state index is 11.9. The molecule has 2 aromatic carbocycles. The Morgan fingerprint density at radius 3 is 2.56 bits per heavy atom. The van der Waals surface area contributed by atoms with Crippen LogP contribution in [0.25, 0.3) is 12.2 Å². The molecule has 0 atom stereocenters. The van der Waals surface area contributed by atoms with E-state index in [0.29, 0.717) is 10.6 Å². The number of carbonyl (C=O) groups excluding carboxylic acids is 1. The molecule has 124 valence electrons. The third kappa shape index (κ3) is 4.19. The van der Waals surface area contributed by atoms with Crippen LogP contribution in [0.1, 0.15) is 11.1 Å². The van der Waals surface area contributed by atoms with Crippen LogP contribution >= 0.6 is 11.6 Å². The lowest BCUT2D eigenvalue weighted by atomic mass is 10.2. The average Bonchev–Trinajstić information content (AvgIpc) is 2.95. The standard InChI is InChI=1S/C18H11ClN2O4/c19-14-7-4-13(5-8-14)11-16-18(22)25-17(20-16)9-6-12-2-1-3-15(10-12)21(23)24/h1-11H. The van der Waals surface area contributed by atoms with Crippen molar-refractivity contribution in [3.05, 3.63) is 86.6 Å². The molecule has 0 radical (unpaired) electrons. The lowest BCUT2D eigenvalue weighted by Crippen LogP contribution is -2.01. The molecule has 0 N–H and O–H groups in total. The van der Waals surface area contributed by atoms with Crippen LogP contribution in [0.5, 0.6) is 0 Å². The first-order valence-corrected chi connectivity index (χ1v) is 7.60. The number of nitro benzene ring substituents is 1. The number of hydrogen-bond donors (Lipinski definition) is 0. The summed E-state index contributed by atoms with van der Waals surface area (Å²) in [6.45, 7) is 0. The molecule has 0 fully saturated rings. The molecule has 2 aromatic rings. The number of nitrogens with zero attached hydrogens (tertiary/aromatic N) is 2. The van der Waals surface area contributed by atoms with Crippen molar-refractivity contribution in [1.29, 1.82) is 0 Å². The summed E-state index contributed by atoms with van der Waals surface area (Å²) in [5, 5.41) is 11.4. The van der Waals surface area contributed by atoms with E-state index in [0.717, 1.165) is 5.56 Å². The average molecular weight is 355 g/mol. The molecule has 0 saturated carbocycles. The number of nitro groups is 1. The predicted octanol–water partition coefficient (Wildman–Crippen LogP) is 4.26. The van der Waals surface area contributed by atoms with Crippen molar-refractivity contribution in [2.45, 2.75) is 0 Å². The summed E-state index contributed by atoms with van der Waals surface area (Å²) in [5.74, 6) is -0.439. The zero-order valence-electron chi connectivity index (χ0n) is 12.8. The van der Waals surface area contributed by atoms with Gasteiger partial charge in [0.1, 0.15) is 0 Å². The summed E-state index contributed by atoms with van der Waals surface area (Å²) in [6, 6.07) is 13.0. The fraction of sp³-hybridized carbons (Fsp3) is 0. The van der Waals surface area contributed by atoms with Crippen molar-refractivity contribution in [2.75, 3.05) is 0 Å². The first-order valence-electron chi connectivity index (χ1n) is 7.22. The van der Waals surface area contributed by atoms with E-state index in [2.05, 4.69) is 4.99 Å². The zero-order chi connectivity index (χ0) is 17.8. The van der Waals surface area contributed by atoms with Gasteiger partial charge in [-0.3, -0.25) is 10.1 Å². The number of cyclic esters (lactones) is 1. The van der Waals surface area contributed by atoms with Crippen LogP contribution in [0.4, 0.5) is 5.69 Å². The highest BCUT2D eigenvalue weighted by Gasteiger charge is 2.21. The minimum atomic E-state index is -0.561. The Balaban J connectivity index is 1.79. The Hall–Kier alpha value is -3.25. The number of benzene rings is 2. The third-order valence-corrected chi connectivity index (χ3v) is 3.56. The molecule has 0 aromatic heterocycles. The molecule has 0 aliphatic carbocycles. The minimum absolute atomic E-state index is 0.0178. The van der Waals surface area contributed by atoms with Crippen molar-refractivity contribution in [1.82, 2.24) is 0 Å². The lowest BCUT2D eigenvalue weighted by molar-refractivity contribution is -0.384. The van der Waals surface area contributed by atoms with Gasteiger partial charge in [-0.2, -0.15) is 0 Å². The largest absolute Gasteiger partial charge is 0.403 e. The van der Waals surface area contributed by atoms with E-state index >= 15 is 0 Å². The van der Waals surface area contributed by atoms with Crippen LogP contribution in [-0.4, -0.2) is 16.8 Å². The van der Waals surface area contributed by atoms with E-state index in [-0.39, 0.29) is 17.3 Å². The molecule has 0 saturated heterocycles. The van der Waals surface area contributed by atoms with Crippen LogP contribution in [0.2, 0.25) is 5.02 Å².